The number of rotatable bonds is 3. The molecule has 2 nitrogen and oxygen atoms in total. The van der Waals surface area contributed by atoms with Crippen molar-refractivity contribution in [1.82, 2.24) is 4.90 Å². The van der Waals surface area contributed by atoms with E-state index in [0.29, 0.717) is 17.1 Å². The molecule has 1 aromatic carbocycles. The summed E-state index contributed by atoms with van der Waals surface area (Å²) in [6.07, 6.45) is 0. The van der Waals surface area contributed by atoms with Gasteiger partial charge < -0.3 is 4.90 Å². The molecule has 1 rings (SSSR count). The first kappa shape index (κ1) is 13.5. The van der Waals surface area contributed by atoms with E-state index in [0.717, 1.165) is 5.56 Å². The maximum absolute atomic E-state index is 12.0. The minimum Gasteiger partial charge on any atom is -0.341 e. The van der Waals surface area contributed by atoms with E-state index in [1.54, 1.807) is 18.0 Å². The molecule has 0 spiro atoms. The lowest BCUT2D eigenvalue weighted by Gasteiger charge is -2.19. The quantitative estimate of drug-likeness (QED) is 0.783. The van der Waals surface area contributed by atoms with Crippen LogP contribution in [0.25, 0.3) is 0 Å². The molecule has 1 aromatic rings. The van der Waals surface area contributed by atoms with Gasteiger partial charge in [-0.3, -0.25) is 4.79 Å². The lowest BCUT2D eigenvalue weighted by atomic mass is 10.1. The van der Waals surface area contributed by atoms with Crippen LogP contribution in [0.5, 0.6) is 0 Å². The van der Waals surface area contributed by atoms with E-state index in [4.69, 9.17) is 11.6 Å². The molecule has 0 aromatic heterocycles. The Morgan fingerprint density at radius 2 is 2.12 bits per heavy atom. The zero-order valence-electron chi connectivity index (χ0n) is 9.63. The summed E-state index contributed by atoms with van der Waals surface area (Å²) in [7, 11) is 1.79. The third kappa shape index (κ3) is 3.80. The van der Waals surface area contributed by atoms with Crippen LogP contribution in [0, 0.1) is 6.92 Å². The lowest BCUT2D eigenvalue weighted by Crippen LogP contribution is -2.31. The van der Waals surface area contributed by atoms with Gasteiger partial charge in [-0.15, -0.1) is 0 Å². The van der Waals surface area contributed by atoms with E-state index < -0.39 is 0 Å². The molecule has 0 radical (unpaired) electrons. The van der Waals surface area contributed by atoms with E-state index in [2.05, 4.69) is 15.9 Å². The molecule has 0 saturated carbocycles. The van der Waals surface area contributed by atoms with E-state index in [1.807, 2.05) is 26.0 Å². The van der Waals surface area contributed by atoms with Gasteiger partial charge in [-0.2, -0.15) is 0 Å². The third-order valence-corrected chi connectivity index (χ3v) is 2.67. The molecule has 0 bridgehead atoms. The van der Waals surface area contributed by atoms with E-state index >= 15 is 0 Å². The Balaban J connectivity index is 2.87. The van der Waals surface area contributed by atoms with Crippen LogP contribution in [-0.2, 0) is 0 Å². The maximum atomic E-state index is 12.0. The second kappa shape index (κ2) is 5.69. The largest absolute Gasteiger partial charge is 0.341 e. The standard InChI is InChI=1S/C12H15BrClNO/c1-8-4-10(6-11(14)5-8)12(16)15(3)7-9(2)13/h4-6,9H,7H2,1-3H3. The Labute approximate surface area is 110 Å². The Hall–Kier alpha value is -0.540. The highest BCUT2D eigenvalue weighted by Gasteiger charge is 2.13. The second-order valence-electron chi connectivity index (χ2n) is 3.98. The van der Waals surface area contributed by atoms with Gasteiger partial charge in [0, 0.05) is 29.0 Å². The van der Waals surface area contributed by atoms with Crippen molar-refractivity contribution in [3.63, 3.8) is 0 Å². The molecule has 4 heteroatoms. The fourth-order valence-corrected chi connectivity index (χ4v) is 2.26. The molecule has 0 aliphatic rings. The SMILES string of the molecule is Cc1cc(Cl)cc(C(=O)N(C)CC(C)Br)c1. The molecule has 0 aliphatic heterocycles. The van der Waals surface area contributed by atoms with Gasteiger partial charge in [-0.05, 0) is 30.7 Å². The first-order chi connectivity index (χ1) is 7.40. The summed E-state index contributed by atoms with van der Waals surface area (Å²) in [6.45, 7) is 4.60. The number of nitrogens with zero attached hydrogens (tertiary/aromatic N) is 1. The first-order valence-electron chi connectivity index (χ1n) is 5.07. The molecule has 0 aliphatic carbocycles. The highest BCUT2D eigenvalue weighted by Crippen LogP contribution is 2.16. The number of hydrogen-bond acceptors (Lipinski definition) is 1. The van der Waals surface area contributed by atoms with E-state index in [1.165, 1.54) is 0 Å². The number of amides is 1. The summed E-state index contributed by atoms with van der Waals surface area (Å²) in [5, 5.41) is 0.601. The molecule has 1 amide bonds. The molecule has 1 atom stereocenters. The van der Waals surface area contributed by atoms with Gasteiger partial charge in [0.1, 0.15) is 0 Å². The summed E-state index contributed by atoms with van der Waals surface area (Å²) in [5.41, 5.74) is 1.64. The number of alkyl halides is 1. The average molecular weight is 305 g/mol. The molecule has 0 saturated heterocycles. The number of benzene rings is 1. The van der Waals surface area contributed by atoms with Crippen molar-refractivity contribution in [2.45, 2.75) is 18.7 Å². The Kier molecular flexibility index (Phi) is 4.81. The Bertz CT molecular complexity index is 372. The summed E-state index contributed by atoms with van der Waals surface area (Å²) >= 11 is 9.35. The number of hydrogen-bond donors (Lipinski definition) is 0. The van der Waals surface area contributed by atoms with Gasteiger partial charge in [0.2, 0.25) is 0 Å². The molecular formula is C12H15BrClNO. The van der Waals surface area contributed by atoms with Crippen LogP contribution in [0.15, 0.2) is 18.2 Å². The van der Waals surface area contributed by atoms with Gasteiger partial charge in [0.05, 0.1) is 0 Å². The lowest BCUT2D eigenvalue weighted by molar-refractivity contribution is 0.0797. The second-order valence-corrected chi connectivity index (χ2v) is 5.98. The highest BCUT2D eigenvalue weighted by molar-refractivity contribution is 9.09. The van der Waals surface area contributed by atoms with Crippen LogP contribution in [-0.4, -0.2) is 29.2 Å². The van der Waals surface area contributed by atoms with Crippen molar-refractivity contribution in [3.05, 3.63) is 34.3 Å². The number of halogens is 2. The molecule has 0 fully saturated rings. The van der Waals surface area contributed by atoms with Gasteiger partial charge in [-0.1, -0.05) is 34.5 Å². The van der Waals surface area contributed by atoms with Crippen LogP contribution >= 0.6 is 27.5 Å². The zero-order valence-corrected chi connectivity index (χ0v) is 12.0. The van der Waals surface area contributed by atoms with Crippen molar-refractivity contribution in [2.75, 3.05) is 13.6 Å². The van der Waals surface area contributed by atoms with Gasteiger partial charge >= 0.3 is 0 Å². The predicted octanol–water partition coefficient (Wildman–Crippen LogP) is 3.50. The number of aryl methyl sites for hydroxylation is 1. The van der Waals surface area contributed by atoms with Crippen LogP contribution in [0.4, 0.5) is 0 Å². The van der Waals surface area contributed by atoms with Crippen LogP contribution < -0.4 is 0 Å². The number of carbonyl (C=O) groups excluding carboxylic acids is 1. The molecule has 1 unspecified atom stereocenters. The van der Waals surface area contributed by atoms with Crippen molar-refractivity contribution >= 4 is 33.4 Å². The van der Waals surface area contributed by atoms with Crippen molar-refractivity contribution in [2.24, 2.45) is 0 Å². The van der Waals surface area contributed by atoms with Gasteiger partial charge in [-0.25, -0.2) is 0 Å². The minimum absolute atomic E-state index is 0.00287. The van der Waals surface area contributed by atoms with Crippen molar-refractivity contribution in [3.8, 4) is 0 Å². The van der Waals surface area contributed by atoms with Crippen LogP contribution in [0.1, 0.15) is 22.8 Å². The predicted molar refractivity (Wildman–Crippen MR) is 71.5 cm³/mol. The summed E-state index contributed by atoms with van der Waals surface area (Å²) in [4.78, 5) is 14.0. The van der Waals surface area contributed by atoms with E-state index in [-0.39, 0.29) is 10.7 Å². The van der Waals surface area contributed by atoms with Crippen molar-refractivity contribution < 1.29 is 4.79 Å². The molecule has 0 N–H and O–H groups in total. The first-order valence-corrected chi connectivity index (χ1v) is 6.36. The average Bonchev–Trinajstić information content (AvgIpc) is 2.13. The number of carbonyl (C=O) groups is 1. The zero-order chi connectivity index (χ0) is 12.3. The molecular weight excluding hydrogens is 289 g/mol. The Morgan fingerprint density at radius 3 is 2.62 bits per heavy atom. The maximum Gasteiger partial charge on any atom is 0.253 e. The van der Waals surface area contributed by atoms with Crippen molar-refractivity contribution in [1.29, 1.82) is 0 Å². The summed E-state index contributed by atoms with van der Waals surface area (Å²) in [5.74, 6) is -0.00287. The molecule has 0 heterocycles. The summed E-state index contributed by atoms with van der Waals surface area (Å²) in [6, 6.07) is 5.39. The minimum atomic E-state index is -0.00287. The highest BCUT2D eigenvalue weighted by atomic mass is 79.9. The molecule has 88 valence electrons. The third-order valence-electron chi connectivity index (χ3n) is 2.16. The normalized spacial score (nSPS) is 12.3. The molecule has 16 heavy (non-hydrogen) atoms. The van der Waals surface area contributed by atoms with Crippen LogP contribution in [0.2, 0.25) is 5.02 Å². The fraction of sp³-hybridized carbons (Fsp3) is 0.417. The monoisotopic (exact) mass is 303 g/mol. The van der Waals surface area contributed by atoms with Gasteiger partial charge in [0.25, 0.3) is 5.91 Å². The summed E-state index contributed by atoms with van der Waals surface area (Å²) < 4.78 is 0. The fourth-order valence-electron chi connectivity index (χ4n) is 1.54. The van der Waals surface area contributed by atoms with Crippen LogP contribution in [0.3, 0.4) is 0 Å². The van der Waals surface area contributed by atoms with E-state index in [9.17, 15) is 4.79 Å². The topological polar surface area (TPSA) is 20.3 Å². The Morgan fingerprint density at radius 1 is 1.50 bits per heavy atom. The smallest absolute Gasteiger partial charge is 0.253 e. The van der Waals surface area contributed by atoms with Gasteiger partial charge in [0.15, 0.2) is 0 Å².